The smallest absolute Gasteiger partial charge is 0.306 e. The molecule has 0 aliphatic carbocycles. The van der Waals surface area contributed by atoms with Crippen LogP contribution in [0.3, 0.4) is 0 Å². The number of hydrogen-bond acceptors (Lipinski definition) is 9. The molecule has 0 radical (unpaired) electrons. The van der Waals surface area contributed by atoms with E-state index >= 15 is 0 Å². The van der Waals surface area contributed by atoms with Crippen molar-refractivity contribution in [2.75, 3.05) is 26.4 Å². The lowest BCUT2D eigenvalue weighted by atomic mass is 9.99. The van der Waals surface area contributed by atoms with Crippen molar-refractivity contribution in [1.29, 1.82) is 0 Å². The van der Waals surface area contributed by atoms with E-state index in [2.05, 4.69) is 38.2 Å². The summed E-state index contributed by atoms with van der Waals surface area (Å²) in [5.74, 6) is -0.305. The Morgan fingerprint density at radius 3 is 1.21 bits per heavy atom. The zero-order chi connectivity index (χ0) is 51.3. The van der Waals surface area contributed by atoms with Gasteiger partial charge in [0.1, 0.15) is 30.5 Å². The molecule has 6 atom stereocenters. The van der Waals surface area contributed by atoms with Crippen LogP contribution in [0.4, 0.5) is 0 Å². The van der Waals surface area contributed by atoms with Crippen LogP contribution in [-0.4, -0.2) is 89.6 Å². The van der Waals surface area contributed by atoms with Gasteiger partial charge in [0, 0.05) is 13.0 Å². The zero-order valence-corrected chi connectivity index (χ0v) is 46.8. The first kappa shape index (κ1) is 67.7. The molecule has 1 heterocycles. The topological polar surface area (TPSA) is 135 Å². The van der Waals surface area contributed by atoms with E-state index in [0.717, 1.165) is 38.5 Å². The predicted molar refractivity (Wildman–Crippen MR) is 298 cm³/mol. The second kappa shape index (κ2) is 53.5. The van der Waals surface area contributed by atoms with Crippen molar-refractivity contribution in [3.05, 3.63) is 24.3 Å². The Labute approximate surface area is 438 Å². The molecule has 9 heteroatoms. The van der Waals surface area contributed by atoms with Gasteiger partial charge in [-0.3, -0.25) is 4.79 Å². The summed E-state index contributed by atoms with van der Waals surface area (Å²) in [6.45, 7) is 4.62. The van der Waals surface area contributed by atoms with Gasteiger partial charge in [-0.15, -0.1) is 0 Å². The summed E-state index contributed by atoms with van der Waals surface area (Å²) in [5, 5.41) is 40.4. The maximum Gasteiger partial charge on any atom is 0.306 e. The lowest BCUT2D eigenvalue weighted by molar-refractivity contribution is -0.305. The van der Waals surface area contributed by atoms with E-state index in [-0.39, 0.29) is 19.2 Å². The highest BCUT2D eigenvalue weighted by molar-refractivity contribution is 5.69. The second-order valence-electron chi connectivity index (χ2n) is 21.5. The maximum absolute atomic E-state index is 12.9. The third-order valence-corrected chi connectivity index (χ3v) is 14.6. The molecule has 4 N–H and O–H groups in total. The summed E-state index contributed by atoms with van der Waals surface area (Å²) < 4.78 is 23.0. The molecular formula is C62H118O9. The van der Waals surface area contributed by atoms with Gasteiger partial charge in [-0.1, -0.05) is 276 Å². The van der Waals surface area contributed by atoms with Gasteiger partial charge in [0.15, 0.2) is 6.29 Å². The van der Waals surface area contributed by atoms with Crippen molar-refractivity contribution in [3.63, 3.8) is 0 Å². The van der Waals surface area contributed by atoms with E-state index in [1.807, 2.05) is 0 Å². The number of hydrogen-bond donors (Lipinski definition) is 4. The van der Waals surface area contributed by atoms with Gasteiger partial charge in [0.25, 0.3) is 0 Å². The summed E-state index contributed by atoms with van der Waals surface area (Å²) >= 11 is 0. The molecular weight excluding hydrogens is 889 g/mol. The second-order valence-corrected chi connectivity index (χ2v) is 21.5. The summed E-state index contributed by atoms with van der Waals surface area (Å²) in [6.07, 6.45) is 59.5. The van der Waals surface area contributed by atoms with Gasteiger partial charge in [-0.05, 0) is 44.9 Å². The Bertz CT molecular complexity index is 1150. The van der Waals surface area contributed by atoms with Gasteiger partial charge in [0.05, 0.1) is 19.8 Å². The van der Waals surface area contributed by atoms with Crippen LogP contribution in [0.5, 0.6) is 0 Å². The van der Waals surface area contributed by atoms with Crippen LogP contribution >= 0.6 is 0 Å². The molecule has 71 heavy (non-hydrogen) atoms. The molecule has 1 rings (SSSR count). The molecule has 6 unspecified atom stereocenters. The van der Waals surface area contributed by atoms with E-state index in [1.165, 1.54) is 244 Å². The summed E-state index contributed by atoms with van der Waals surface area (Å²) in [6, 6.07) is 0. The molecule has 0 aromatic heterocycles. The number of rotatable bonds is 55. The first-order chi connectivity index (χ1) is 34.9. The normalized spacial score (nSPS) is 18.9. The van der Waals surface area contributed by atoms with Gasteiger partial charge < -0.3 is 39.4 Å². The van der Waals surface area contributed by atoms with Gasteiger partial charge >= 0.3 is 5.97 Å². The predicted octanol–water partition coefficient (Wildman–Crippen LogP) is 16.4. The zero-order valence-electron chi connectivity index (χ0n) is 46.8. The van der Waals surface area contributed by atoms with Crippen LogP contribution in [0.2, 0.25) is 0 Å². The summed E-state index contributed by atoms with van der Waals surface area (Å²) in [5.41, 5.74) is 0. The Kier molecular flexibility index (Phi) is 51.0. The van der Waals surface area contributed by atoms with Crippen molar-refractivity contribution < 1.29 is 44.2 Å². The fourth-order valence-electron chi connectivity index (χ4n) is 9.82. The number of esters is 1. The number of aliphatic hydroxyl groups excluding tert-OH is 4. The minimum absolute atomic E-state index is 0.108. The monoisotopic (exact) mass is 1010 g/mol. The van der Waals surface area contributed by atoms with Crippen LogP contribution in [-0.2, 0) is 23.7 Å². The van der Waals surface area contributed by atoms with E-state index in [4.69, 9.17) is 18.9 Å². The molecule has 0 aromatic rings. The molecule has 420 valence electrons. The average molecular weight is 1010 g/mol. The van der Waals surface area contributed by atoms with Crippen LogP contribution in [0.25, 0.3) is 0 Å². The standard InChI is InChI=1S/C62H118O9/c1-3-5-7-9-11-13-15-17-19-21-23-25-27-28-29-30-32-34-36-38-40-42-44-46-48-50-52-68-54-56(55-69-62-61(67)60(66)59(65)57(53-63)71-62)70-58(64)51-49-47-45-43-41-39-37-35-33-31-26-24-22-20-18-16-14-12-10-8-6-4-2/h15,17,21,23,56-57,59-63,65-67H,3-14,16,18-20,22,24-55H2,1-2H3/b17-15-,23-21-. The van der Waals surface area contributed by atoms with Crippen LogP contribution in [0.15, 0.2) is 24.3 Å². The molecule has 0 spiro atoms. The third-order valence-electron chi connectivity index (χ3n) is 14.6. The summed E-state index contributed by atoms with van der Waals surface area (Å²) in [4.78, 5) is 12.9. The highest BCUT2D eigenvalue weighted by Gasteiger charge is 2.44. The highest BCUT2D eigenvalue weighted by atomic mass is 16.7. The first-order valence-corrected chi connectivity index (χ1v) is 30.9. The van der Waals surface area contributed by atoms with Crippen LogP contribution < -0.4 is 0 Å². The van der Waals surface area contributed by atoms with Gasteiger partial charge in [-0.2, -0.15) is 0 Å². The van der Waals surface area contributed by atoms with Crippen molar-refractivity contribution in [1.82, 2.24) is 0 Å². The van der Waals surface area contributed by atoms with Crippen molar-refractivity contribution in [2.24, 2.45) is 0 Å². The quantitative estimate of drug-likeness (QED) is 0.0267. The number of carbonyl (C=O) groups is 1. The molecule has 1 fully saturated rings. The molecule has 1 aliphatic rings. The van der Waals surface area contributed by atoms with E-state index in [1.54, 1.807) is 0 Å². The van der Waals surface area contributed by atoms with Crippen LogP contribution in [0, 0.1) is 0 Å². The van der Waals surface area contributed by atoms with Crippen molar-refractivity contribution in [3.8, 4) is 0 Å². The van der Waals surface area contributed by atoms with E-state index in [9.17, 15) is 25.2 Å². The number of unbranched alkanes of at least 4 members (excludes halogenated alkanes) is 40. The Morgan fingerprint density at radius 1 is 0.451 bits per heavy atom. The SMILES string of the molecule is CCCCCCC/C=C\C/C=C\CCCCCCCCCCCCCCCCOCC(COC1OC(CO)C(O)C(O)C1O)OC(=O)CCCCCCCCCCCCCCCCCCCCCCCC. The van der Waals surface area contributed by atoms with Gasteiger partial charge in [0.2, 0.25) is 0 Å². The average Bonchev–Trinajstić information content (AvgIpc) is 3.37. The molecule has 0 saturated carbocycles. The van der Waals surface area contributed by atoms with Gasteiger partial charge in [-0.25, -0.2) is 0 Å². The minimum Gasteiger partial charge on any atom is -0.457 e. The van der Waals surface area contributed by atoms with E-state index < -0.39 is 43.4 Å². The molecule has 0 bridgehead atoms. The number of carbonyl (C=O) groups excluding carboxylic acids is 1. The molecule has 1 aliphatic heterocycles. The Balaban J connectivity index is 2.11. The Hall–Kier alpha value is -1.33. The lowest BCUT2D eigenvalue weighted by Crippen LogP contribution is -2.59. The third kappa shape index (κ3) is 43.6. The van der Waals surface area contributed by atoms with Crippen molar-refractivity contribution >= 4 is 5.97 Å². The summed E-state index contributed by atoms with van der Waals surface area (Å²) in [7, 11) is 0. The molecule has 9 nitrogen and oxygen atoms in total. The van der Waals surface area contributed by atoms with E-state index in [0.29, 0.717) is 13.0 Å². The number of allylic oxidation sites excluding steroid dienone is 4. The molecule has 0 amide bonds. The lowest BCUT2D eigenvalue weighted by Gasteiger charge is -2.39. The molecule has 1 saturated heterocycles. The largest absolute Gasteiger partial charge is 0.457 e. The fraction of sp³-hybridized carbons (Fsp3) is 0.919. The maximum atomic E-state index is 12.9. The van der Waals surface area contributed by atoms with Crippen LogP contribution in [0.1, 0.15) is 303 Å². The van der Waals surface area contributed by atoms with Crippen molar-refractivity contribution in [2.45, 2.75) is 340 Å². The number of aliphatic hydroxyl groups is 4. The Morgan fingerprint density at radius 2 is 0.817 bits per heavy atom. The number of ether oxygens (including phenoxy) is 4. The molecule has 0 aromatic carbocycles. The fourth-order valence-corrected chi connectivity index (χ4v) is 9.82. The first-order valence-electron chi connectivity index (χ1n) is 30.9. The minimum atomic E-state index is -1.53. The highest BCUT2D eigenvalue weighted by Crippen LogP contribution is 2.23.